The summed E-state index contributed by atoms with van der Waals surface area (Å²) < 4.78 is 27.0. The van der Waals surface area contributed by atoms with Gasteiger partial charge in [-0.25, -0.2) is 4.57 Å². The summed E-state index contributed by atoms with van der Waals surface area (Å²) in [5, 5.41) is 12.7. The van der Waals surface area contributed by atoms with Gasteiger partial charge in [0, 0.05) is 19.4 Å². The van der Waals surface area contributed by atoms with Crippen molar-refractivity contribution in [1.29, 1.82) is 0 Å². The van der Waals surface area contributed by atoms with E-state index in [1.165, 1.54) is 103 Å². The van der Waals surface area contributed by atoms with E-state index < -0.39 is 26.5 Å². The molecule has 3 N–H and O–H groups in total. The Kier molecular flexibility index (Phi) is 46.9. The molecule has 0 aromatic rings. The minimum Gasteiger partial charge on any atom is -0.463 e. The number of nitrogens with one attached hydrogen (secondary N) is 1. The lowest BCUT2D eigenvalue weighted by atomic mass is 10.0. The first-order valence-electron chi connectivity index (χ1n) is 25.4. The molecule has 0 radical (unpaired) electrons. The lowest BCUT2D eigenvalue weighted by molar-refractivity contribution is -0.147. The highest BCUT2D eigenvalue weighted by Gasteiger charge is 2.23. The molecule has 1 amide bonds. The number of ether oxygens (including phenoxy) is 1. The first-order valence-corrected chi connectivity index (χ1v) is 26.9. The van der Waals surface area contributed by atoms with E-state index in [0.717, 1.165) is 83.5 Å². The molecule has 0 aliphatic rings. The van der Waals surface area contributed by atoms with E-state index in [0.29, 0.717) is 12.8 Å². The quantitative estimate of drug-likeness (QED) is 0.0238. The van der Waals surface area contributed by atoms with Crippen molar-refractivity contribution in [3.8, 4) is 0 Å². The lowest BCUT2D eigenvalue weighted by Gasteiger charge is -2.15. The molecule has 2 unspecified atom stereocenters. The summed E-state index contributed by atoms with van der Waals surface area (Å²) in [5.41, 5.74) is 0. The fraction of sp³-hybridized carbons (Fsp3) is 0.736. The summed E-state index contributed by atoms with van der Waals surface area (Å²) >= 11 is 0. The predicted molar refractivity (Wildman–Crippen MR) is 266 cm³/mol. The maximum Gasteiger partial charge on any atom is 0.472 e. The van der Waals surface area contributed by atoms with Crippen LogP contribution >= 0.6 is 7.82 Å². The van der Waals surface area contributed by atoms with Crippen LogP contribution in [0, 0.1) is 0 Å². The standard InChI is InChI=1S/C53H94NO8P/c1-3-5-7-9-11-13-15-17-19-21-23-25-27-29-31-33-35-37-39-41-43-45-52(56)54-47-48-61-63(58,59)62-50-51(55)49-60-53(57)46-44-42-40-38-36-34-32-30-28-26-24-22-20-18-16-14-12-10-8-6-4-2/h6,8,12,14,17-20,24,26,30,32,51,55H,3-5,7,9-11,13,15-16,21-23,25,27-29,31,33-50H2,1-2H3,(H,54,56)(H,58,59)/b8-6-,14-12-,19-17+,20-18-,26-24-,32-30-. The summed E-state index contributed by atoms with van der Waals surface area (Å²) in [6.45, 7) is 3.43. The number of amides is 1. The molecule has 63 heavy (non-hydrogen) atoms. The molecule has 0 aliphatic heterocycles. The van der Waals surface area contributed by atoms with Crippen LogP contribution in [0.3, 0.4) is 0 Å². The average Bonchev–Trinajstić information content (AvgIpc) is 3.27. The zero-order valence-electron chi connectivity index (χ0n) is 40.3. The van der Waals surface area contributed by atoms with E-state index in [9.17, 15) is 24.2 Å². The maximum absolute atomic E-state index is 12.2. The number of allylic oxidation sites excluding steroid dienone is 12. The van der Waals surface area contributed by atoms with Crippen molar-refractivity contribution in [1.82, 2.24) is 5.32 Å². The highest BCUT2D eigenvalue weighted by Crippen LogP contribution is 2.42. The zero-order chi connectivity index (χ0) is 46.0. The van der Waals surface area contributed by atoms with Crippen molar-refractivity contribution in [2.24, 2.45) is 0 Å². The third-order valence-electron chi connectivity index (χ3n) is 10.6. The van der Waals surface area contributed by atoms with Crippen molar-refractivity contribution in [3.63, 3.8) is 0 Å². The van der Waals surface area contributed by atoms with Gasteiger partial charge in [-0.2, -0.15) is 0 Å². The summed E-state index contributed by atoms with van der Waals surface area (Å²) in [6, 6.07) is 0. The number of unbranched alkanes of at least 4 members (excludes halogenated alkanes) is 22. The van der Waals surface area contributed by atoms with Gasteiger partial charge in [0.2, 0.25) is 5.91 Å². The molecule has 0 rings (SSSR count). The van der Waals surface area contributed by atoms with Crippen LogP contribution in [0.1, 0.15) is 219 Å². The molecule has 0 spiro atoms. The van der Waals surface area contributed by atoms with Gasteiger partial charge in [0.1, 0.15) is 12.7 Å². The molecule has 364 valence electrons. The van der Waals surface area contributed by atoms with Gasteiger partial charge in [-0.1, -0.05) is 196 Å². The van der Waals surface area contributed by atoms with E-state index >= 15 is 0 Å². The van der Waals surface area contributed by atoms with E-state index in [4.69, 9.17) is 13.8 Å². The van der Waals surface area contributed by atoms with Crippen LogP contribution in [0.4, 0.5) is 0 Å². The zero-order valence-corrected chi connectivity index (χ0v) is 41.1. The number of hydrogen-bond donors (Lipinski definition) is 3. The summed E-state index contributed by atoms with van der Waals surface area (Å²) in [5.74, 6) is -0.536. The van der Waals surface area contributed by atoms with Crippen LogP contribution in [0.15, 0.2) is 72.9 Å². The molecule has 0 saturated carbocycles. The number of esters is 1. The van der Waals surface area contributed by atoms with Gasteiger partial charge in [0.15, 0.2) is 0 Å². The molecule has 0 aliphatic carbocycles. The Morgan fingerprint density at radius 1 is 0.508 bits per heavy atom. The van der Waals surface area contributed by atoms with Crippen molar-refractivity contribution in [2.45, 2.75) is 225 Å². The van der Waals surface area contributed by atoms with Gasteiger partial charge in [-0.3, -0.25) is 18.6 Å². The predicted octanol–water partition coefficient (Wildman–Crippen LogP) is 15.0. The third kappa shape index (κ3) is 50.3. The summed E-state index contributed by atoms with van der Waals surface area (Å²) in [7, 11) is -4.43. The van der Waals surface area contributed by atoms with Crippen molar-refractivity contribution in [3.05, 3.63) is 72.9 Å². The van der Waals surface area contributed by atoms with Crippen LogP contribution in [0.2, 0.25) is 0 Å². The number of aliphatic hydroxyl groups excluding tert-OH is 1. The van der Waals surface area contributed by atoms with Gasteiger partial charge in [0.25, 0.3) is 0 Å². The topological polar surface area (TPSA) is 131 Å². The second kappa shape index (κ2) is 48.9. The molecule has 0 aromatic carbocycles. The Balaban J connectivity index is 3.60. The number of rotatable bonds is 47. The Morgan fingerprint density at radius 2 is 0.905 bits per heavy atom. The number of carbonyl (C=O) groups is 2. The second-order valence-electron chi connectivity index (χ2n) is 16.8. The number of phosphoric ester groups is 1. The molecule has 0 heterocycles. The Hall–Kier alpha value is -2.55. The molecular weight excluding hydrogens is 810 g/mol. The van der Waals surface area contributed by atoms with Gasteiger partial charge < -0.3 is 20.1 Å². The molecule has 10 heteroatoms. The molecule has 0 saturated heterocycles. The normalized spacial score (nSPS) is 13.8. The van der Waals surface area contributed by atoms with Gasteiger partial charge in [-0.05, 0) is 83.5 Å². The summed E-state index contributed by atoms with van der Waals surface area (Å²) in [4.78, 5) is 34.1. The van der Waals surface area contributed by atoms with Gasteiger partial charge >= 0.3 is 13.8 Å². The smallest absolute Gasteiger partial charge is 0.463 e. The lowest BCUT2D eigenvalue weighted by Crippen LogP contribution is -2.27. The second-order valence-corrected chi connectivity index (χ2v) is 18.2. The van der Waals surface area contributed by atoms with Crippen LogP contribution in [-0.2, 0) is 27.9 Å². The Morgan fingerprint density at radius 3 is 1.38 bits per heavy atom. The SMILES string of the molecule is CC/C=C\C/C=C\C/C=C\C/C=C\C/C=C\CCCCCCCC(=O)OCC(O)COP(=O)(O)OCCNC(=O)CCCCCCCCCCCCC/C=C/CCCCCCCC. The number of carbonyl (C=O) groups excluding carboxylic acids is 2. The molecule has 0 aromatic heterocycles. The van der Waals surface area contributed by atoms with E-state index in [1.807, 2.05) is 0 Å². The molecular formula is C53H94NO8P. The van der Waals surface area contributed by atoms with E-state index in [1.54, 1.807) is 0 Å². The number of aliphatic hydroxyl groups is 1. The highest BCUT2D eigenvalue weighted by molar-refractivity contribution is 7.47. The third-order valence-corrected chi connectivity index (χ3v) is 11.6. The van der Waals surface area contributed by atoms with Crippen molar-refractivity contribution >= 4 is 19.7 Å². The van der Waals surface area contributed by atoms with E-state index in [-0.39, 0.29) is 32.1 Å². The minimum atomic E-state index is -4.43. The molecule has 9 nitrogen and oxygen atoms in total. The maximum atomic E-state index is 12.2. The van der Waals surface area contributed by atoms with Gasteiger partial charge in [-0.15, -0.1) is 0 Å². The fourth-order valence-corrected chi connectivity index (χ4v) is 7.57. The highest BCUT2D eigenvalue weighted by atomic mass is 31.2. The van der Waals surface area contributed by atoms with Crippen LogP contribution in [0.25, 0.3) is 0 Å². The van der Waals surface area contributed by atoms with Gasteiger partial charge in [0.05, 0.1) is 13.2 Å². The van der Waals surface area contributed by atoms with E-state index in [2.05, 4.69) is 92.1 Å². The Labute approximate surface area is 386 Å². The Bertz CT molecular complexity index is 1260. The molecule has 2 atom stereocenters. The average molecular weight is 904 g/mol. The molecule has 0 bridgehead atoms. The fourth-order valence-electron chi connectivity index (χ4n) is 6.81. The summed E-state index contributed by atoms with van der Waals surface area (Å²) in [6.07, 6.45) is 61.2. The largest absolute Gasteiger partial charge is 0.472 e. The number of hydrogen-bond acceptors (Lipinski definition) is 7. The van der Waals surface area contributed by atoms with Crippen LogP contribution in [0.5, 0.6) is 0 Å². The first kappa shape index (κ1) is 60.5. The monoisotopic (exact) mass is 904 g/mol. The number of phosphoric acid groups is 1. The van der Waals surface area contributed by atoms with Crippen molar-refractivity contribution < 1.29 is 37.9 Å². The minimum absolute atomic E-state index is 0.0766. The van der Waals surface area contributed by atoms with Crippen LogP contribution < -0.4 is 5.32 Å². The first-order chi connectivity index (χ1) is 30.8. The molecule has 0 fully saturated rings. The van der Waals surface area contributed by atoms with Crippen LogP contribution in [-0.4, -0.2) is 54.3 Å². The van der Waals surface area contributed by atoms with Crippen molar-refractivity contribution in [2.75, 3.05) is 26.4 Å².